The molecule has 4 aliphatic rings. The highest BCUT2D eigenvalue weighted by molar-refractivity contribution is 5.99. The van der Waals surface area contributed by atoms with Crippen LogP contribution in [-0.2, 0) is 23.9 Å². The first-order valence-electron chi connectivity index (χ1n) is 10.8. The van der Waals surface area contributed by atoms with Crippen molar-refractivity contribution in [2.75, 3.05) is 26.3 Å². The van der Waals surface area contributed by atoms with Crippen LogP contribution < -0.4 is 0 Å². The molecular formula is C22H30N2O6. The molecule has 2 amide bonds. The van der Waals surface area contributed by atoms with Gasteiger partial charge < -0.3 is 24.4 Å². The molecule has 0 aliphatic carbocycles. The maximum absolute atomic E-state index is 13.6. The fourth-order valence-electron chi connectivity index (χ4n) is 5.56. The topological polar surface area (TPSA) is 96.4 Å². The monoisotopic (exact) mass is 418 g/mol. The van der Waals surface area contributed by atoms with E-state index in [2.05, 4.69) is 0 Å². The second kappa shape index (κ2) is 7.50. The van der Waals surface area contributed by atoms with Gasteiger partial charge in [-0.15, -0.1) is 0 Å². The Labute approximate surface area is 176 Å². The predicted molar refractivity (Wildman–Crippen MR) is 107 cm³/mol. The Morgan fingerprint density at radius 1 is 1.17 bits per heavy atom. The quantitative estimate of drug-likeness (QED) is 0.532. The van der Waals surface area contributed by atoms with Gasteiger partial charge in [-0.3, -0.25) is 14.4 Å². The van der Waals surface area contributed by atoms with Crippen LogP contribution >= 0.6 is 0 Å². The summed E-state index contributed by atoms with van der Waals surface area (Å²) in [4.78, 5) is 43.5. The van der Waals surface area contributed by atoms with E-state index in [-0.39, 0.29) is 37.6 Å². The van der Waals surface area contributed by atoms with Gasteiger partial charge in [0.15, 0.2) is 0 Å². The highest BCUT2D eigenvalue weighted by Crippen LogP contribution is 2.58. The highest BCUT2D eigenvalue weighted by atomic mass is 16.6. The molecule has 1 unspecified atom stereocenters. The second-order valence-corrected chi connectivity index (χ2v) is 8.72. The van der Waals surface area contributed by atoms with Crippen molar-refractivity contribution < 1.29 is 29.0 Å². The first-order chi connectivity index (χ1) is 14.3. The summed E-state index contributed by atoms with van der Waals surface area (Å²) in [5, 5.41) is 9.61. The molecule has 4 rings (SSSR count). The molecule has 4 aliphatic heterocycles. The van der Waals surface area contributed by atoms with E-state index in [1.54, 1.807) is 11.0 Å². The van der Waals surface area contributed by atoms with Crippen LogP contribution in [0.25, 0.3) is 0 Å². The lowest BCUT2D eigenvalue weighted by Gasteiger charge is -2.39. The Balaban J connectivity index is 1.91. The molecule has 30 heavy (non-hydrogen) atoms. The zero-order chi connectivity index (χ0) is 21.7. The number of likely N-dealkylation sites (tertiary alicyclic amines) is 1. The molecule has 8 heteroatoms. The minimum absolute atomic E-state index is 0.00730. The van der Waals surface area contributed by atoms with Crippen LogP contribution in [0.15, 0.2) is 24.3 Å². The van der Waals surface area contributed by atoms with Crippen LogP contribution in [0.5, 0.6) is 0 Å². The third kappa shape index (κ3) is 2.76. The number of rotatable bonds is 4. The van der Waals surface area contributed by atoms with Crippen molar-refractivity contribution in [2.24, 2.45) is 11.8 Å². The molecule has 0 aromatic rings. The van der Waals surface area contributed by atoms with Gasteiger partial charge in [-0.1, -0.05) is 31.2 Å². The number of fused-ring (bicyclic) bond motifs is 2. The zero-order valence-electron chi connectivity index (χ0n) is 17.7. The van der Waals surface area contributed by atoms with E-state index in [0.717, 1.165) is 0 Å². The number of aliphatic hydroxyl groups excluding tert-OH is 1. The molecule has 1 N–H and O–H groups in total. The normalized spacial score (nSPS) is 38.2. The molecule has 2 saturated heterocycles. The van der Waals surface area contributed by atoms with Crippen LogP contribution in [-0.4, -0.2) is 82.3 Å². The van der Waals surface area contributed by atoms with Crippen LogP contribution in [0.2, 0.25) is 0 Å². The number of cyclic esters (lactones) is 1. The molecule has 0 aromatic heterocycles. The molecule has 1 spiro atoms. The van der Waals surface area contributed by atoms with Crippen LogP contribution in [0, 0.1) is 11.8 Å². The first-order valence-corrected chi connectivity index (χ1v) is 10.8. The highest BCUT2D eigenvalue weighted by Gasteiger charge is 2.75. The lowest BCUT2D eigenvalue weighted by atomic mass is 9.73. The summed E-state index contributed by atoms with van der Waals surface area (Å²) >= 11 is 0. The van der Waals surface area contributed by atoms with Crippen LogP contribution in [0.4, 0.5) is 0 Å². The average molecular weight is 418 g/mol. The number of amides is 2. The third-order valence-corrected chi connectivity index (χ3v) is 6.90. The van der Waals surface area contributed by atoms with E-state index in [1.165, 1.54) is 4.90 Å². The zero-order valence-corrected chi connectivity index (χ0v) is 17.7. The van der Waals surface area contributed by atoms with Crippen molar-refractivity contribution in [1.82, 2.24) is 9.80 Å². The molecule has 2 fully saturated rings. The summed E-state index contributed by atoms with van der Waals surface area (Å²) in [7, 11) is 0. The lowest BCUT2D eigenvalue weighted by molar-refractivity contribution is -0.162. The number of esters is 1. The van der Waals surface area contributed by atoms with Gasteiger partial charge in [0, 0.05) is 19.1 Å². The van der Waals surface area contributed by atoms with E-state index in [4.69, 9.17) is 9.47 Å². The van der Waals surface area contributed by atoms with Crippen LogP contribution in [0.1, 0.15) is 33.6 Å². The fourth-order valence-corrected chi connectivity index (χ4v) is 5.56. The minimum atomic E-state index is -1.28. The summed E-state index contributed by atoms with van der Waals surface area (Å²) in [6.45, 7) is 6.13. The van der Waals surface area contributed by atoms with Gasteiger partial charge >= 0.3 is 5.97 Å². The first kappa shape index (κ1) is 21.1. The number of aliphatic hydroxyl groups is 1. The lowest BCUT2D eigenvalue weighted by Crippen LogP contribution is -2.57. The van der Waals surface area contributed by atoms with Gasteiger partial charge in [-0.05, 0) is 26.7 Å². The average Bonchev–Trinajstić information content (AvgIpc) is 3.03. The Hall–Kier alpha value is -2.19. The Morgan fingerprint density at radius 3 is 2.60 bits per heavy atom. The maximum atomic E-state index is 13.6. The molecule has 0 aromatic carbocycles. The van der Waals surface area contributed by atoms with Gasteiger partial charge in [0.05, 0.1) is 19.1 Å². The number of hydrogen-bond donors (Lipinski definition) is 1. The van der Waals surface area contributed by atoms with Gasteiger partial charge in [-0.25, -0.2) is 0 Å². The summed E-state index contributed by atoms with van der Waals surface area (Å²) in [5.74, 6) is -2.76. The van der Waals surface area contributed by atoms with E-state index in [1.807, 2.05) is 39.0 Å². The standard InChI is InChI=1S/C22H30N2O6/c1-4-21-8-5-6-13-29-20(28)16(21)15-18(26)24(11-12-25)17-19(27)23(14(2)3)10-7-9-22(15,17)30-21/h5,7-9,14-17,25H,4,6,10-13H2,1-3H3/t15-,16+,17?,21-,22-/m0/s1. The van der Waals surface area contributed by atoms with Gasteiger partial charge in [0.25, 0.3) is 0 Å². The van der Waals surface area contributed by atoms with Crippen molar-refractivity contribution in [3.05, 3.63) is 24.3 Å². The van der Waals surface area contributed by atoms with Crippen LogP contribution in [0.3, 0.4) is 0 Å². The number of carbonyl (C=O) groups is 3. The van der Waals surface area contributed by atoms with Gasteiger partial charge in [-0.2, -0.15) is 0 Å². The van der Waals surface area contributed by atoms with E-state index >= 15 is 0 Å². The predicted octanol–water partition coefficient (Wildman–Crippen LogP) is 0.650. The molecule has 4 heterocycles. The number of ether oxygens (including phenoxy) is 2. The summed E-state index contributed by atoms with van der Waals surface area (Å²) in [6.07, 6.45) is 8.52. The van der Waals surface area contributed by atoms with Crippen molar-refractivity contribution in [1.29, 1.82) is 0 Å². The Kier molecular flexibility index (Phi) is 5.26. The van der Waals surface area contributed by atoms with Gasteiger partial charge in [0.2, 0.25) is 11.8 Å². The molecular weight excluding hydrogens is 388 g/mol. The smallest absolute Gasteiger partial charge is 0.313 e. The van der Waals surface area contributed by atoms with E-state index in [0.29, 0.717) is 19.4 Å². The van der Waals surface area contributed by atoms with E-state index in [9.17, 15) is 19.5 Å². The Morgan fingerprint density at radius 2 is 1.93 bits per heavy atom. The molecule has 0 bridgehead atoms. The molecule has 0 radical (unpaired) electrons. The summed E-state index contributed by atoms with van der Waals surface area (Å²) < 4.78 is 12.1. The molecule has 8 nitrogen and oxygen atoms in total. The molecule has 5 atom stereocenters. The van der Waals surface area contributed by atoms with Crippen molar-refractivity contribution in [2.45, 2.75) is 56.9 Å². The SMILES string of the molecule is CC[C@]12C=CCCOC(=O)[C@H]1[C@H]1C(=O)N(CCO)C3C(=O)N(C(C)C)CC=C[C@@]31O2. The number of β-amino-alcohol motifs (C(OH)–C–C–N with tert-alkyl or cyclic N) is 1. The van der Waals surface area contributed by atoms with Crippen molar-refractivity contribution >= 4 is 17.8 Å². The molecule has 0 saturated carbocycles. The minimum Gasteiger partial charge on any atom is -0.465 e. The maximum Gasteiger partial charge on any atom is 0.313 e. The van der Waals surface area contributed by atoms with Crippen molar-refractivity contribution in [3.8, 4) is 0 Å². The number of nitrogens with zero attached hydrogens (tertiary/aromatic N) is 2. The Bertz CT molecular complexity index is 807. The molecule has 164 valence electrons. The summed E-state index contributed by atoms with van der Waals surface area (Å²) in [5.41, 5.74) is -2.29. The third-order valence-electron chi connectivity index (χ3n) is 6.90. The second-order valence-electron chi connectivity index (χ2n) is 8.72. The summed E-state index contributed by atoms with van der Waals surface area (Å²) in [6, 6.07) is -0.997. The fraction of sp³-hybridized carbons (Fsp3) is 0.682. The number of hydrogen-bond acceptors (Lipinski definition) is 6. The van der Waals surface area contributed by atoms with E-state index < -0.39 is 35.0 Å². The van der Waals surface area contributed by atoms with Crippen molar-refractivity contribution in [3.63, 3.8) is 0 Å². The van der Waals surface area contributed by atoms with Gasteiger partial charge in [0.1, 0.15) is 23.2 Å². The number of carbonyl (C=O) groups excluding carboxylic acids is 3. The largest absolute Gasteiger partial charge is 0.465 e.